The first-order valence-electron chi connectivity index (χ1n) is 20.4. The van der Waals surface area contributed by atoms with Crippen molar-refractivity contribution in [2.75, 3.05) is 27.9 Å². The van der Waals surface area contributed by atoms with Gasteiger partial charge in [0.2, 0.25) is 0 Å². The summed E-state index contributed by atoms with van der Waals surface area (Å²) in [6.45, 7) is 13.6. The van der Waals surface area contributed by atoms with Gasteiger partial charge in [-0.3, -0.25) is 9.59 Å². The standard InChI is InChI=1S/C43H69NO11/c1-10-13-31-19-25(2)18-26(3)20-37(52-8)40-38(53-9)22-28(5)43(50,55-40)42(49)44-17-12-11-14-32(44)41(48)54-39(29(6)34(46)24-35(31)47)27(4)21-30-15-16-33(45)36(23-30)51-7/h10,19,21,26,28-34,36-40,45-46,50H,1,11-18,20,22-24H2,2-9H3. The third-order valence-electron chi connectivity index (χ3n) is 12.7. The Morgan fingerprint density at radius 2 is 1.62 bits per heavy atom. The lowest BCUT2D eigenvalue weighted by Crippen LogP contribution is -2.66. The lowest BCUT2D eigenvalue weighted by molar-refractivity contribution is -0.309. The van der Waals surface area contributed by atoms with E-state index in [9.17, 15) is 29.7 Å². The van der Waals surface area contributed by atoms with Crippen LogP contribution in [0.25, 0.3) is 0 Å². The maximum atomic E-state index is 14.6. The SMILES string of the molecule is C=CCC1C=C(C)CC(C)CC(OC)C2OC(O)(C(=O)N3CCCCC3C(=O)OC(C(C)=CC3CCC(O)C(OC)C3)C(C)C(O)CC1=O)C(C)CC2OC. The van der Waals surface area contributed by atoms with E-state index in [0.29, 0.717) is 69.8 Å². The maximum absolute atomic E-state index is 14.6. The number of cyclic esters (lactones) is 1. The molecule has 3 fully saturated rings. The zero-order valence-corrected chi connectivity index (χ0v) is 34.5. The molecule has 312 valence electrons. The monoisotopic (exact) mass is 775 g/mol. The number of hydrogen-bond donors (Lipinski definition) is 3. The molecule has 0 aromatic heterocycles. The fourth-order valence-corrected chi connectivity index (χ4v) is 9.33. The van der Waals surface area contributed by atoms with E-state index in [2.05, 4.69) is 13.5 Å². The van der Waals surface area contributed by atoms with E-state index in [0.717, 1.165) is 5.57 Å². The van der Waals surface area contributed by atoms with Gasteiger partial charge < -0.3 is 43.9 Å². The molecule has 3 heterocycles. The minimum atomic E-state index is -2.24. The number of carbonyl (C=O) groups is 3. The second-order valence-electron chi connectivity index (χ2n) is 16.9. The van der Waals surface area contributed by atoms with Crippen LogP contribution in [-0.4, -0.2) is 120 Å². The summed E-state index contributed by atoms with van der Waals surface area (Å²) < 4.78 is 30.1. The predicted octanol–water partition coefficient (Wildman–Crippen LogP) is 5.07. The highest BCUT2D eigenvalue weighted by Crippen LogP contribution is 2.40. The molecule has 3 aliphatic heterocycles. The van der Waals surface area contributed by atoms with Gasteiger partial charge in [-0.15, -0.1) is 6.58 Å². The molecular weight excluding hydrogens is 706 g/mol. The first-order valence-corrected chi connectivity index (χ1v) is 20.4. The summed E-state index contributed by atoms with van der Waals surface area (Å²) in [5.74, 6) is -5.46. The minimum Gasteiger partial charge on any atom is -0.456 e. The number of ketones is 1. The Morgan fingerprint density at radius 1 is 0.945 bits per heavy atom. The summed E-state index contributed by atoms with van der Waals surface area (Å²) in [7, 11) is 4.74. The molecule has 0 aromatic rings. The van der Waals surface area contributed by atoms with Crippen LogP contribution < -0.4 is 0 Å². The van der Waals surface area contributed by atoms with E-state index >= 15 is 0 Å². The Bertz CT molecular complexity index is 1380. The normalized spacial score (nSPS) is 40.8. The average Bonchev–Trinajstić information content (AvgIpc) is 3.16. The summed E-state index contributed by atoms with van der Waals surface area (Å²) in [6, 6.07) is -1.00. The molecule has 1 amide bonds. The van der Waals surface area contributed by atoms with Gasteiger partial charge in [0.05, 0.1) is 30.5 Å². The third-order valence-corrected chi connectivity index (χ3v) is 12.7. The molecule has 0 spiro atoms. The van der Waals surface area contributed by atoms with Crippen molar-refractivity contribution >= 4 is 17.7 Å². The highest BCUT2D eigenvalue weighted by atomic mass is 16.7. The van der Waals surface area contributed by atoms with Crippen LogP contribution in [0.3, 0.4) is 0 Å². The lowest BCUT2D eigenvalue weighted by atomic mass is 9.81. The molecule has 2 bridgehead atoms. The zero-order valence-electron chi connectivity index (χ0n) is 34.5. The number of ether oxygens (including phenoxy) is 5. The first-order chi connectivity index (χ1) is 26.1. The van der Waals surface area contributed by atoms with Gasteiger partial charge in [-0.25, -0.2) is 4.79 Å². The maximum Gasteiger partial charge on any atom is 0.329 e. The second kappa shape index (κ2) is 20.3. The van der Waals surface area contributed by atoms with Gasteiger partial charge in [0.15, 0.2) is 0 Å². The summed E-state index contributed by atoms with van der Waals surface area (Å²) in [5, 5.41) is 34.3. The van der Waals surface area contributed by atoms with Crippen molar-refractivity contribution in [2.45, 2.75) is 160 Å². The Hall–Kier alpha value is -2.45. The molecule has 14 unspecified atom stereocenters. The molecule has 4 rings (SSSR count). The summed E-state index contributed by atoms with van der Waals surface area (Å²) >= 11 is 0. The van der Waals surface area contributed by atoms with Crippen LogP contribution in [0.2, 0.25) is 0 Å². The van der Waals surface area contributed by atoms with E-state index in [4.69, 9.17) is 23.7 Å². The van der Waals surface area contributed by atoms with Crippen LogP contribution in [0.1, 0.15) is 105 Å². The number of carbonyl (C=O) groups excluding carboxylic acids is 3. The molecule has 1 aliphatic carbocycles. The van der Waals surface area contributed by atoms with Crippen LogP contribution in [0.4, 0.5) is 0 Å². The van der Waals surface area contributed by atoms with Gasteiger partial charge in [0.25, 0.3) is 11.7 Å². The van der Waals surface area contributed by atoms with Crippen molar-refractivity contribution in [1.29, 1.82) is 0 Å². The van der Waals surface area contributed by atoms with Gasteiger partial charge in [0.1, 0.15) is 24.0 Å². The van der Waals surface area contributed by atoms with Crippen LogP contribution in [0, 0.1) is 29.6 Å². The van der Waals surface area contributed by atoms with Crippen LogP contribution in [-0.2, 0) is 38.1 Å². The predicted molar refractivity (Wildman–Crippen MR) is 208 cm³/mol. The highest BCUT2D eigenvalue weighted by molar-refractivity contribution is 5.89. The fraction of sp³-hybridized carbons (Fsp3) is 0.791. The number of fused-ring (bicyclic) bond motifs is 3. The van der Waals surface area contributed by atoms with Crippen molar-refractivity contribution in [3.05, 3.63) is 36.0 Å². The molecule has 0 aromatic carbocycles. The van der Waals surface area contributed by atoms with E-state index < -0.39 is 78.1 Å². The minimum absolute atomic E-state index is 0.0262. The van der Waals surface area contributed by atoms with Gasteiger partial charge in [-0.1, -0.05) is 44.6 Å². The van der Waals surface area contributed by atoms with E-state index in [1.165, 1.54) is 4.90 Å². The van der Waals surface area contributed by atoms with E-state index in [1.54, 1.807) is 41.3 Å². The number of esters is 1. The molecule has 55 heavy (non-hydrogen) atoms. The first kappa shape index (κ1) is 45.3. The lowest BCUT2D eigenvalue weighted by Gasteiger charge is -2.49. The summed E-state index contributed by atoms with van der Waals surface area (Å²) in [4.78, 5) is 44.2. The van der Waals surface area contributed by atoms with Crippen molar-refractivity contribution in [3.63, 3.8) is 0 Å². The quantitative estimate of drug-likeness (QED) is 0.234. The number of amides is 1. The van der Waals surface area contributed by atoms with Crippen molar-refractivity contribution < 1.29 is 53.4 Å². The molecule has 12 heteroatoms. The molecular formula is C43H69NO11. The van der Waals surface area contributed by atoms with Crippen molar-refractivity contribution in [1.82, 2.24) is 4.90 Å². The van der Waals surface area contributed by atoms with Crippen molar-refractivity contribution in [2.24, 2.45) is 29.6 Å². The van der Waals surface area contributed by atoms with E-state index in [1.807, 2.05) is 26.0 Å². The zero-order chi connectivity index (χ0) is 40.6. The Balaban J connectivity index is 1.78. The number of nitrogens with zero attached hydrogens (tertiary/aromatic N) is 1. The number of rotatable bonds is 7. The number of hydrogen-bond acceptors (Lipinski definition) is 11. The van der Waals surface area contributed by atoms with Gasteiger partial charge in [-0.2, -0.15) is 0 Å². The number of aliphatic hydroxyl groups excluding tert-OH is 2. The number of piperidine rings is 1. The van der Waals surface area contributed by atoms with Gasteiger partial charge in [0, 0.05) is 52.0 Å². The van der Waals surface area contributed by atoms with Gasteiger partial charge >= 0.3 is 5.97 Å². The Labute approximate surface area is 328 Å². The van der Waals surface area contributed by atoms with E-state index in [-0.39, 0.29) is 36.7 Å². The number of methoxy groups -OCH3 is 3. The molecule has 12 nitrogen and oxygen atoms in total. The molecule has 14 atom stereocenters. The fourth-order valence-electron chi connectivity index (χ4n) is 9.33. The topological polar surface area (TPSA) is 161 Å². The van der Waals surface area contributed by atoms with Gasteiger partial charge in [-0.05, 0) is 95.5 Å². The number of aliphatic hydroxyl groups is 3. The second-order valence-corrected chi connectivity index (χ2v) is 16.9. The van der Waals surface area contributed by atoms with Crippen LogP contribution >= 0.6 is 0 Å². The molecule has 0 radical (unpaired) electrons. The number of Topliss-reactive ketones (excluding diaryl/α,β-unsaturated/α-hetero) is 1. The third kappa shape index (κ3) is 10.9. The molecule has 4 aliphatic rings. The molecule has 2 saturated heterocycles. The summed E-state index contributed by atoms with van der Waals surface area (Å²) in [5.41, 5.74) is 1.70. The molecule has 3 N–H and O–H groups in total. The number of allylic oxidation sites excluding steroid dienone is 4. The highest BCUT2D eigenvalue weighted by Gasteiger charge is 2.56. The molecule has 1 saturated carbocycles. The Morgan fingerprint density at radius 3 is 2.27 bits per heavy atom. The summed E-state index contributed by atoms with van der Waals surface area (Å²) in [6.07, 6.45) is 6.20. The Kier molecular flexibility index (Phi) is 16.7. The largest absolute Gasteiger partial charge is 0.456 e. The van der Waals surface area contributed by atoms with Crippen molar-refractivity contribution in [3.8, 4) is 0 Å². The van der Waals surface area contributed by atoms with Crippen LogP contribution in [0.15, 0.2) is 36.0 Å². The van der Waals surface area contributed by atoms with Crippen LogP contribution in [0.5, 0.6) is 0 Å². The average molecular weight is 776 g/mol. The smallest absolute Gasteiger partial charge is 0.329 e.